The molecule has 2 aliphatic carbocycles. The van der Waals surface area contributed by atoms with Gasteiger partial charge in [0.1, 0.15) is 12.7 Å². The predicted molar refractivity (Wildman–Crippen MR) is 105 cm³/mol. The molecular weight excluding hydrogens is 372 g/mol. The summed E-state index contributed by atoms with van der Waals surface area (Å²) in [6.45, 7) is 10.4. The largest absolute Gasteiger partial charge is 0.459 e. The van der Waals surface area contributed by atoms with Crippen LogP contribution in [0.2, 0.25) is 0 Å². The molecule has 0 amide bonds. The van der Waals surface area contributed by atoms with Crippen LogP contribution in [0.5, 0.6) is 0 Å². The Bertz CT molecular complexity index is 740. The third-order valence-electron chi connectivity index (χ3n) is 8.77. The Kier molecular flexibility index (Phi) is 4.33. The lowest BCUT2D eigenvalue weighted by Gasteiger charge is -2.64. The Hall–Kier alpha value is -0.950. The minimum absolute atomic E-state index is 0.0176. The van der Waals surface area contributed by atoms with Gasteiger partial charge in [-0.2, -0.15) is 0 Å². The molecule has 6 nitrogen and oxygen atoms in total. The summed E-state index contributed by atoms with van der Waals surface area (Å²) in [6.07, 6.45) is 6.33. The standard InChI is InChI=1S/C23H34O6/c1-20(2)27-12-22(4)16-7-10-23(13-28-23)17(21(16,3)9-8-18(22)29-20)6-5-14-15(24)11-26-19(14)25/h5,15-18,24H,6-13H2,1-4H3. The second kappa shape index (κ2) is 6.28. The number of ether oxygens (including phenoxy) is 4. The van der Waals surface area contributed by atoms with Crippen molar-refractivity contribution in [1.82, 2.24) is 0 Å². The monoisotopic (exact) mass is 406 g/mol. The van der Waals surface area contributed by atoms with Crippen LogP contribution >= 0.6 is 0 Å². The number of hydrogen-bond acceptors (Lipinski definition) is 6. The van der Waals surface area contributed by atoms with Gasteiger partial charge in [-0.05, 0) is 63.2 Å². The SMILES string of the molecule is CC1(C)OCC2(C)C(CCC3(C)C(CC=C4C(=O)OCC4O)C4(CCC23)CO4)O1. The number of rotatable bonds is 2. The lowest BCUT2D eigenvalue weighted by atomic mass is 9.44. The van der Waals surface area contributed by atoms with Gasteiger partial charge in [-0.3, -0.25) is 0 Å². The van der Waals surface area contributed by atoms with Crippen molar-refractivity contribution in [3.05, 3.63) is 11.6 Å². The van der Waals surface area contributed by atoms with Gasteiger partial charge in [0, 0.05) is 5.41 Å². The number of aliphatic hydroxyl groups is 1. The van der Waals surface area contributed by atoms with E-state index in [4.69, 9.17) is 18.9 Å². The molecule has 0 aromatic rings. The summed E-state index contributed by atoms with van der Waals surface area (Å²) in [7, 11) is 0. The van der Waals surface area contributed by atoms with Crippen molar-refractivity contribution in [2.24, 2.45) is 22.7 Å². The fraction of sp³-hybridized carbons (Fsp3) is 0.870. The van der Waals surface area contributed by atoms with E-state index in [0.29, 0.717) is 17.4 Å². The van der Waals surface area contributed by atoms with Crippen molar-refractivity contribution in [3.63, 3.8) is 0 Å². The van der Waals surface area contributed by atoms with E-state index < -0.39 is 11.9 Å². The molecule has 6 heteroatoms. The van der Waals surface area contributed by atoms with Gasteiger partial charge in [-0.15, -0.1) is 0 Å². The first-order valence-corrected chi connectivity index (χ1v) is 11.1. The van der Waals surface area contributed by atoms with E-state index in [0.717, 1.165) is 45.3 Å². The number of cyclic esters (lactones) is 1. The van der Waals surface area contributed by atoms with E-state index in [-0.39, 0.29) is 35.1 Å². The van der Waals surface area contributed by atoms with Crippen molar-refractivity contribution in [3.8, 4) is 0 Å². The Labute approximate surface area is 172 Å². The van der Waals surface area contributed by atoms with Gasteiger partial charge in [0.05, 0.1) is 30.5 Å². The number of aliphatic hydroxyl groups excluding tert-OH is 1. The first kappa shape index (κ1) is 20.0. The summed E-state index contributed by atoms with van der Waals surface area (Å²) < 4.78 is 23.6. The maximum absolute atomic E-state index is 12.0. The summed E-state index contributed by atoms with van der Waals surface area (Å²) in [5.41, 5.74) is 0.404. The molecule has 5 aliphatic rings. The number of esters is 1. The molecule has 7 unspecified atom stereocenters. The minimum atomic E-state index is -0.804. The van der Waals surface area contributed by atoms with E-state index in [1.165, 1.54) is 0 Å². The lowest BCUT2D eigenvalue weighted by Crippen LogP contribution is -2.64. The maximum Gasteiger partial charge on any atom is 0.336 e. The molecule has 0 radical (unpaired) electrons. The molecular formula is C23H34O6. The molecule has 7 atom stereocenters. The number of fused-ring (bicyclic) bond motifs is 3. The van der Waals surface area contributed by atoms with E-state index >= 15 is 0 Å². The van der Waals surface area contributed by atoms with Crippen LogP contribution in [0.1, 0.15) is 59.8 Å². The van der Waals surface area contributed by atoms with Gasteiger partial charge in [-0.25, -0.2) is 4.79 Å². The Morgan fingerprint density at radius 1 is 1.07 bits per heavy atom. The van der Waals surface area contributed by atoms with Crippen molar-refractivity contribution in [1.29, 1.82) is 0 Å². The highest BCUT2D eigenvalue weighted by molar-refractivity contribution is 5.91. The van der Waals surface area contributed by atoms with E-state index in [9.17, 15) is 9.90 Å². The Balaban J connectivity index is 1.45. The molecule has 5 fully saturated rings. The number of carbonyl (C=O) groups is 1. The van der Waals surface area contributed by atoms with Crippen LogP contribution in [0.15, 0.2) is 11.6 Å². The van der Waals surface area contributed by atoms with E-state index in [1.807, 2.05) is 19.9 Å². The van der Waals surface area contributed by atoms with Crippen molar-refractivity contribution in [2.75, 3.05) is 19.8 Å². The summed E-state index contributed by atoms with van der Waals surface area (Å²) in [6, 6.07) is 0. The summed E-state index contributed by atoms with van der Waals surface area (Å²) >= 11 is 0. The average molecular weight is 407 g/mol. The Morgan fingerprint density at radius 2 is 1.83 bits per heavy atom. The molecule has 3 aliphatic heterocycles. The summed E-state index contributed by atoms with van der Waals surface area (Å²) in [5, 5.41) is 10.1. The van der Waals surface area contributed by atoms with Crippen molar-refractivity contribution in [2.45, 2.75) is 83.4 Å². The third-order valence-corrected chi connectivity index (χ3v) is 8.77. The molecule has 3 saturated heterocycles. The second-order valence-corrected chi connectivity index (χ2v) is 10.9. The molecule has 0 bridgehead atoms. The van der Waals surface area contributed by atoms with Crippen LogP contribution in [0.25, 0.3) is 0 Å². The number of carbonyl (C=O) groups excluding carboxylic acids is 1. The molecule has 29 heavy (non-hydrogen) atoms. The van der Waals surface area contributed by atoms with Gasteiger partial charge in [-0.1, -0.05) is 19.9 Å². The second-order valence-electron chi connectivity index (χ2n) is 10.9. The molecule has 0 aromatic carbocycles. The smallest absolute Gasteiger partial charge is 0.336 e. The first-order chi connectivity index (χ1) is 13.6. The highest BCUT2D eigenvalue weighted by atomic mass is 16.7. The zero-order valence-electron chi connectivity index (χ0n) is 18.0. The van der Waals surface area contributed by atoms with Gasteiger partial charge >= 0.3 is 5.97 Å². The average Bonchev–Trinajstić information content (AvgIpc) is 3.35. The highest BCUT2D eigenvalue weighted by Gasteiger charge is 2.68. The lowest BCUT2D eigenvalue weighted by molar-refractivity contribution is -0.347. The fourth-order valence-electron chi connectivity index (χ4n) is 7.11. The molecule has 162 valence electrons. The summed E-state index contributed by atoms with van der Waals surface area (Å²) in [5.74, 6) is -0.109. The maximum atomic E-state index is 12.0. The normalized spacial score (nSPS) is 52.2. The van der Waals surface area contributed by atoms with E-state index in [2.05, 4.69) is 13.8 Å². The third kappa shape index (κ3) is 2.93. The topological polar surface area (TPSA) is 77.5 Å². The van der Waals surface area contributed by atoms with Crippen molar-refractivity contribution >= 4 is 5.97 Å². The van der Waals surface area contributed by atoms with Gasteiger partial charge in [0.15, 0.2) is 5.79 Å². The molecule has 0 aromatic heterocycles. The van der Waals surface area contributed by atoms with Crippen LogP contribution in [-0.2, 0) is 23.7 Å². The fourth-order valence-corrected chi connectivity index (χ4v) is 7.11. The molecule has 3 heterocycles. The molecule has 1 spiro atoms. The van der Waals surface area contributed by atoms with Gasteiger partial charge in [0.2, 0.25) is 0 Å². The first-order valence-electron chi connectivity index (χ1n) is 11.1. The van der Waals surface area contributed by atoms with Crippen LogP contribution in [0.3, 0.4) is 0 Å². The summed E-state index contributed by atoms with van der Waals surface area (Å²) in [4.78, 5) is 12.0. The Morgan fingerprint density at radius 3 is 2.48 bits per heavy atom. The van der Waals surface area contributed by atoms with Gasteiger partial charge in [0.25, 0.3) is 0 Å². The molecule has 1 N–H and O–H groups in total. The quantitative estimate of drug-likeness (QED) is 0.432. The van der Waals surface area contributed by atoms with Crippen LogP contribution in [0, 0.1) is 22.7 Å². The predicted octanol–water partition coefficient (Wildman–Crippen LogP) is 2.97. The number of allylic oxidation sites excluding steroid dienone is 1. The van der Waals surface area contributed by atoms with Crippen LogP contribution in [0.4, 0.5) is 0 Å². The molecule has 5 rings (SSSR count). The van der Waals surface area contributed by atoms with Crippen LogP contribution < -0.4 is 0 Å². The number of epoxide rings is 1. The molecule has 2 saturated carbocycles. The zero-order valence-corrected chi connectivity index (χ0v) is 18.0. The van der Waals surface area contributed by atoms with Gasteiger partial charge < -0.3 is 24.1 Å². The highest BCUT2D eigenvalue weighted by Crippen LogP contribution is 2.67. The van der Waals surface area contributed by atoms with E-state index in [1.54, 1.807) is 0 Å². The van der Waals surface area contributed by atoms with Crippen LogP contribution in [-0.4, -0.2) is 54.5 Å². The minimum Gasteiger partial charge on any atom is -0.459 e. The van der Waals surface area contributed by atoms with Crippen molar-refractivity contribution < 1.29 is 28.8 Å². The zero-order chi connectivity index (χ0) is 20.7. The number of hydrogen-bond donors (Lipinski definition) is 1.